The van der Waals surface area contributed by atoms with Crippen molar-refractivity contribution in [3.63, 3.8) is 0 Å². The van der Waals surface area contributed by atoms with Crippen molar-refractivity contribution in [2.24, 2.45) is 0 Å². The quantitative estimate of drug-likeness (QED) is 0.110. The number of hydrogen-bond donors (Lipinski definition) is 3. The summed E-state index contributed by atoms with van der Waals surface area (Å²) in [5, 5.41) is 13.2. The molecule has 0 saturated heterocycles. The fraction of sp³-hybridized carbons (Fsp3) is 0.406. The van der Waals surface area contributed by atoms with Gasteiger partial charge >= 0.3 is 0 Å². The maximum atomic E-state index is 13.0. The Kier molecular flexibility index (Phi) is 12.8. The Morgan fingerprint density at radius 1 is 0.854 bits per heavy atom. The van der Waals surface area contributed by atoms with E-state index in [4.69, 9.17) is 23.2 Å². The predicted octanol–water partition coefficient (Wildman–Crippen LogP) is 9.52. The van der Waals surface area contributed by atoms with Crippen molar-refractivity contribution >= 4 is 50.5 Å². The number of aryl methyl sites for hydroxylation is 1. The summed E-state index contributed by atoms with van der Waals surface area (Å²) in [5.74, 6) is -0.857. The molecule has 0 radical (unpaired) electrons. The maximum Gasteiger partial charge on any atom is 0.261 e. The van der Waals surface area contributed by atoms with Crippen molar-refractivity contribution in [1.82, 2.24) is 0 Å². The zero-order chi connectivity index (χ0) is 29.8. The number of anilines is 2. The van der Waals surface area contributed by atoms with Crippen LogP contribution in [-0.2, 0) is 16.4 Å². The van der Waals surface area contributed by atoms with Gasteiger partial charge in [-0.05, 0) is 67.3 Å². The molecular weight excluding hydrogens is 579 g/mol. The molecule has 3 aromatic rings. The lowest BCUT2D eigenvalue weighted by molar-refractivity contribution is 0.102. The van der Waals surface area contributed by atoms with Crippen LogP contribution in [0.5, 0.6) is 5.75 Å². The number of aromatic hydroxyl groups is 1. The third-order valence-corrected chi connectivity index (χ3v) is 9.35. The highest BCUT2D eigenvalue weighted by Crippen LogP contribution is 2.39. The molecular formula is C32H40Cl2N2O4S. The van der Waals surface area contributed by atoms with Crippen LogP contribution in [0.2, 0.25) is 10.0 Å². The van der Waals surface area contributed by atoms with Crippen LogP contribution in [0.4, 0.5) is 11.4 Å². The van der Waals surface area contributed by atoms with Gasteiger partial charge in [-0.2, -0.15) is 0 Å². The van der Waals surface area contributed by atoms with Crippen LogP contribution in [0.3, 0.4) is 0 Å². The van der Waals surface area contributed by atoms with Gasteiger partial charge in [0.1, 0.15) is 0 Å². The van der Waals surface area contributed by atoms with Crippen LogP contribution < -0.4 is 10.0 Å². The minimum Gasteiger partial charge on any atom is -0.504 e. The van der Waals surface area contributed by atoms with Crippen LogP contribution in [0.1, 0.15) is 92.6 Å². The monoisotopic (exact) mass is 618 g/mol. The minimum absolute atomic E-state index is 0.0452. The van der Waals surface area contributed by atoms with E-state index >= 15 is 0 Å². The summed E-state index contributed by atoms with van der Waals surface area (Å²) >= 11 is 12.2. The third kappa shape index (κ3) is 9.94. The highest BCUT2D eigenvalue weighted by molar-refractivity contribution is 7.92. The Hall–Kier alpha value is -2.74. The Morgan fingerprint density at radius 3 is 2.10 bits per heavy atom. The van der Waals surface area contributed by atoms with Crippen LogP contribution >= 0.6 is 23.2 Å². The molecule has 0 aliphatic rings. The van der Waals surface area contributed by atoms with Gasteiger partial charge < -0.3 is 10.4 Å². The van der Waals surface area contributed by atoms with E-state index in [1.54, 1.807) is 31.2 Å². The predicted molar refractivity (Wildman–Crippen MR) is 170 cm³/mol. The normalized spacial score (nSPS) is 11.4. The number of sulfonamides is 1. The van der Waals surface area contributed by atoms with E-state index in [1.165, 1.54) is 76.0 Å². The number of nitrogens with one attached hydrogen (secondary N) is 2. The molecule has 0 spiro atoms. The van der Waals surface area contributed by atoms with Gasteiger partial charge in [-0.3, -0.25) is 9.52 Å². The lowest BCUT2D eigenvalue weighted by atomic mass is 10.0. The number of unbranched alkanes of at least 4 members (excludes halogenated alkanes) is 9. The largest absolute Gasteiger partial charge is 0.504 e. The lowest BCUT2D eigenvalue weighted by Gasteiger charge is -2.13. The SMILES string of the molecule is CCCCCCCCCCCCc1ccc(S(=O)(=O)Nc2cccc(C(=O)Nc3cc(Cl)c(C)c(Cl)c3O)c2)cc1. The van der Waals surface area contributed by atoms with E-state index in [0.29, 0.717) is 10.6 Å². The number of rotatable bonds is 16. The minimum atomic E-state index is -3.85. The number of carbonyl (C=O) groups excluding carboxylic acids is 1. The van der Waals surface area contributed by atoms with Crippen LogP contribution in [-0.4, -0.2) is 19.4 Å². The molecule has 3 N–H and O–H groups in total. The Balaban J connectivity index is 1.51. The summed E-state index contributed by atoms with van der Waals surface area (Å²) in [5.41, 5.74) is 2.08. The molecule has 0 aliphatic carbocycles. The highest BCUT2D eigenvalue weighted by atomic mass is 35.5. The van der Waals surface area contributed by atoms with Gasteiger partial charge in [0.05, 0.1) is 15.6 Å². The zero-order valence-electron chi connectivity index (χ0n) is 23.8. The molecule has 0 saturated carbocycles. The van der Waals surface area contributed by atoms with Gasteiger partial charge in [0.25, 0.3) is 15.9 Å². The Morgan fingerprint density at radius 2 is 1.46 bits per heavy atom. The first-order valence-electron chi connectivity index (χ1n) is 14.3. The van der Waals surface area contributed by atoms with E-state index in [-0.39, 0.29) is 32.6 Å². The fourth-order valence-electron chi connectivity index (χ4n) is 4.58. The second-order valence-electron chi connectivity index (χ2n) is 10.4. The van der Waals surface area contributed by atoms with Crippen molar-refractivity contribution < 1.29 is 18.3 Å². The molecule has 0 aromatic heterocycles. The smallest absolute Gasteiger partial charge is 0.261 e. The molecule has 0 unspecified atom stereocenters. The molecule has 41 heavy (non-hydrogen) atoms. The molecule has 0 bridgehead atoms. The van der Waals surface area contributed by atoms with Crippen LogP contribution in [0, 0.1) is 6.92 Å². The van der Waals surface area contributed by atoms with Gasteiger partial charge in [-0.1, -0.05) is 106 Å². The second-order valence-corrected chi connectivity index (χ2v) is 12.9. The standard InChI is InChI=1S/C32H40Cl2N2O4S/c1-3-4-5-6-7-8-9-10-11-12-14-24-17-19-27(20-18-24)41(39,40)36-26-16-13-15-25(21-26)32(38)35-29-22-28(33)23(2)30(34)31(29)37/h13,15-22,36-37H,3-12,14H2,1-2H3,(H,35,38). The first-order valence-corrected chi connectivity index (χ1v) is 16.6. The average Bonchev–Trinajstić information content (AvgIpc) is 2.96. The number of hydrogen-bond acceptors (Lipinski definition) is 4. The summed E-state index contributed by atoms with van der Waals surface area (Å²) in [6, 6.07) is 14.4. The third-order valence-electron chi connectivity index (χ3n) is 7.10. The van der Waals surface area contributed by atoms with Gasteiger partial charge in [0, 0.05) is 16.3 Å². The first kappa shape index (κ1) is 32.8. The number of amides is 1. The van der Waals surface area contributed by atoms with Crippen molar-refractivity contribution in [2.45, 2.75) is 89.4 Å². The van der Waals surface area contributed by atoms with Crippen molar-refractivity contribution in [3.8, 4) is 5.75 Å². The molecule has 0 atom stereocenters. The molecule has 9 heteroatoms. The van der Waals surface area contributed by atoms with E-state index in [0.717, 1.165) is 18.4 Å². The molecule has 3 aromatic carbocycles. The molecule has 3 rings (SSSR count). The van der Waals surface area contributed by atoms with Crippen LogP contribution in [0.15, 0.2) is 59.5 Å². The number of halogens is 2. The van der Waals surface area contributed by atoms with Crippen molar-refractivity contribution in [2.75, 3.05) is 10.0 Å². The number of phenolic OH excluding ortho intramolecular Hbond substituents is 1. The van der Waals surface area contributed by atoms with Crippen molar-refractivity contribution in [1.29, 1.82) is 0 Å². The summed E-state index contributed by atoms with van der Waals surface area (Å²) in [6.45, 7) is 3.89. The Labute approximate surface area is 254 Å². The summed E-state index contributed by atoms with van der Waals surface area (Å²) in [7, 11) is -3.85. The number of benzene rings is 3. The summed E-state index contributed by atoms with van der Waals surface area (Å²) in [4.78, 5) is 13.0. The first-order chi connectivity index (χ1) is 19.6. The molecule has 1 amide bonds. The lowest BCUT2D eigenvalue weighted by Crippen LogP contribution is -2.15. The molecule has 0 fully saturated rings. The average molecular weight is 620 g/mol. The number of phenols is 1. The van der Waals surface area contributed by atoms with E-state index in [1.807, 2.05) is 12.1 Å². The second kappa shape index (κ2) is 16.0. The zero-order valence-corrected chi connectivity index (χ0v) is 26.1. The fourth-order valence-corrected chi connectivity index (χ4v) is 6.09. The molecule has 0 aliphatic heterocycles. The molecule has 6 nitrogen and oxygen atoms in total. The summed E-state index contributed by atoms with van der Waals surface area (Å²) < 4.78 is 28.6. The van der Waals surface area contributed by atoms with Gasteiger partial charge in [0.15, 0.2) is 5.75 Å². The molecule has 0 heterocycles. The van der Waals surface area contributed by atoms with Gasteiger partial charge in [0.2, 0.25) is 0 Å². The maximum absolute atomic E-state index is 13.0. The van der Waals surface area contributed by atoms with Crippen molar-refractivity contribution in [3.05, 3.63) is 81.3 Å². The van der Waals surface area contributed by atoms with E-state index in [2.05, 4.69) is 17.0 Å². The summed E-state index contributed by atoms with van der Waals surface area (Å²) in [6.07, 6.45) is 13.7. The van der Waals surface area contributed by atoms with Gasteiger partial charge in [-0.25, -0.2) is 8.42 Å². The van der Waals surface area contributed by atoms with E-state index in [9.17, 15) is 18.3 Å². The van der Waals surface area contributed by atoms with Gasteiger partial charge in [-0.15, -0.1) is 0 Å². The molecule has 222 valence electrons. The Bertz CT molecular complexity index is 1410. The van der Waals surface area contributed by atoms with Crippen LogP contribution in [0.25, 0.3) is 0 Å². The van der Waals surface area contributed by atoms with E-state index < -0.39 is 15.9 Å². The topological polar surface area (TPSA) is 95.5 Å². The number of carbonyl (C=O) groups is 1. The highest BCUT2D eigenvalue weighted by Gasteiger charge is 2.18.